The Morgan fingerprint density at radius 3 is 1.76 bits per heavy atom. The standard InChI is InChI=1S/C23H36NO/c1-3-5-6-7-8-9-10-11-12-13-14-15-16-17-18-19-20-21-23(25)24-22-4-2/h5-6,8-9,11-12,14-15,17-18H,2-4,7,10,13,16,19-22H2,1H3,(H,24,25)/b6-5-,9-8-,12-11-,15-14-,18-17-. The fourth-order valence-electron chi connectivity index (χ4n) is 2.07. The third kappa shape index (κ3) is 20.1. The van der Waals surface area contributed by atoms with Gasteiger partial charge in [-0.25, -0.2) is 0 Å². The average molecular weight is 343 g/mol. The van der Waals surface area contributed by atoms with Crippen LogP contribution in [0.1, 0.15) is 64.7 Å². The maximum Gasteiger partial charge on any atom is 0.220 e. The molecule has 0 bridgehead atoms. The highest BCUT2D eigenvalue weighted by molar-refractivity contribution is 5.75. The molecule has 1 amide bonds. The Kier molecular flexibility index (Phi) is 18.7. The van der Waals surface area contributed by atoms with E-state index < -0.39 is 0 Å². The van der Waals surface area contributed by atoms with Gasteiger partial charge in [-0.3, -0.25) is 4.79 Å². The number of hydrogen-bond donors (Lipinski definition) is 1. The number of amides is 1. The lowest BCUT2D eigenvalue weighted by atomic mass is 10.2. The second kappa shape index (κ2) is 20.2. The van der Waals surface area contributed by atoms with Gasteiger partial charge in [0.1, 0.15) is 0 Å². The van der Waals surface area contributed by atoms with Gasteiger partial charge >= 0.3 is 0 Å². The lowest BCUT2D eigenvalue weighted by molar-refractivity contribution is -0.121. The van der Waals surface area contributed by atoms with E-state index in [0.717, 1.165) is 51.4 Å². The molecule has 0 aromatic heterocycles. The van der Waals surface area contributed by atoms with Crippen molar-refractivity contribution in [2.24, 2.45) is 0 Å². The van der Waals surface area contributed by atoms with Gasteiger partial charge in [-0.2, -0.15) is 0 Å². The van der Waals surface area contributed by atoms with Crippen LogP contribution in [-0.2, 0) is 4.79 Å². The van der Waals surface area contributed by atoms with E-state index in [4.69, 9.17) is 0 Å². The first-order chi connectivity index (χ1) is 12.3. The van der Waals surface area contributed by atoms with Crippen LogP contribution in [0.15, 0.2) is 60.8 Å². The van der Waals surface area contributed by atoms with Gasteiger partial charge in [-0.05, 0) is 51.4 Å². The Hall–Kier alpha value is -1.83. The molecule has 2 heteroatoms. The first kappa shape index (κ1) is 23.2. The minimum absolute atomic E-state index is 0.135. The van der Waals surface area contributed by atoms with Gasteiger partial charge in [0.15, 0.2) is 0 Å². The molecule has 0 saturated carbocycles. The molecule has 0 aliphatic rings. The van der Waals surface area contributed by atoms with Gasteiger partial charge < -0.3 is 5.32 Å². The lowest BCUT2D eigenvalue weighted by Crippen LogP contribution is -2.23. The number of rotatable bonds is 15. The van der Waals surface area contributed by atoms with Crippen molar-refractivity contribution in [1.82, 2.24) is 5.32 Å². The summed E-state index contributed by atoms with van der Waals surface area (Å²) in [5.74, 6) is 0.135. The SMILES string of the molecule is [CH2]CCNC(=O)CCC/C=C\C/C=C\C/C=C\C/C=C\C/C=C\CC. The summed E-state index contributed by atoms with van der Waals surface area (Å²) in [7, 11) is 0. The predicted octanol–water partition coefficient (Wildman–Crippen LogP) is 6.25. The minimum atomic E-state index is 0.135. The number of allylic oxidation sites excluding steroid dienone is 10. The zero-order valence-corrected chi connectivity index (χ0v) is 16.0. The topological polar surface area (TPSA) is 29.1 Å². The molecule has 0 spiro atoms. The fraction of sp³-hybridized carbons (Fsp3) is 0.478. The average Bonchev–Trinajstić information content (AvgIpc) is 2.62. The summed E-state index contributed by atoms with van der Waals surface area (Å²) in [6, 6.07) is 0. The van der Waals surface area contributed by atoms with E-state index in [1.807, 2.05) is 0 Å². The van der Waals surface area contributed by atoms with Crippen molar-refractivity contribution < 1.29 is 4.79 Å². The first-order valence-corrected chi connectivity index (χ1v) is 9.62. The largest absolute Gasteiger partial charge is 0.356 e. The Balaban J connectivity index is 3.49. The normalized spacial score (nSPS) is 12.6. The van der Waals surface area contributed by atoms with Crippen molar-refractivity contribution in [3.63, 3.8) is 0 Å². The molecule has 0 unspecified atom stereocenters. The second-order valence-electron chi connectivity index (χ2n) is 5.80. The van der Waals surface area contributed by atoms with Crippen molar-refractivity contribution in [2.75, 3.05) is 6.54 Å². The molecule has 1 N–H and O–H groups in total. The smallest absolute Gasteiger partial charge is 0.220 e. The maximum atomic E-state index is 11.4. The number of carbonyl (C=O) groups excluding carboxylic acids is 1. The molecule has 139 valence electrons. The van der Waals surface area contributed by atoms with E-state index in [9.17, 15) is 4.79 Å². The Bertz CT molecular complexity index is 441. The highest BCUT2D eigenvalue weighted by atomic mass is 16.1. The van der Waals surface area contributed by atoms with Gasteiger partial charge in [0.25, 0.3) is 0 Å². The number of nitrogens with one attached hydrogen (secondary N) is 1. The van der Waals surface area contributed by atoms with Crippen LogP contribution in [-0.4, -0.2) is 12.5 Å². The summed E-state index contributed by atoms with van der Waals surface area (Å²) in [5.41, 5.74) is 0. The summed E-state index contributed by atoms with van der Waals surface area (Å²) in [5, 5.41) is 2.84. The van der Waals surface area contributed by atoms with E-state index in [1.54, 1.807) is 0 Å². The van der Waals surface area contributed by atoms with E-state index >= 15 is 0 Å². The molecule has 0 aliphatic carbocycles. The number of carbonyl (C=O) groups is 1. The van der Waals surface area contributed by atoms with E-state index in [0.29, 0.717) is 13.0 Å². The van der Waals surface area contributed by atoms with Gasteiger partial charge in [-0.1, -0.05) is 74.6 Å². The molecular formula is C23H36NO. The Labute approximate surface area is 155 Å². The summed E-state index contributed by atoms with van der Waals surface area (Å²) < 4.78 is 0. The van der Waals surface area contributed by atoms with Crippen LogP contribution < -0.4 is 5.32 Å². The van der Waals surface area contributed by atoms with Crippen LogP contribution in [0, 0.1) is 6.92 Å². The molecule has 25 heavy (non-hydrogen) atoms. The van der Waals surface area contributed by atoms with Crippen LogP contribution in [0.3, 0.4) is 0 Å². The van der Waals surface area contributed by atoms with E-state index in [1.165, 1.54) is 0 Å². The fourth-order valence-corrected chi connectivity index (χ4v) is 2.07. The molecule has 0 fully saturated rings. The van der Waals surface area contributed by atoms with Crippen LogP contribution >= 0.6 is 0 Å². The highest BCUT2D eigenvalue weighted by Gasteiger charge is 1.97. The van der Waals surface area contributed by atoms with Crippen molar-refractivity contribution in [1.29, 1.82) is 0 Å². The van der Waals surface area contributed by atoms with Gasteiger partial charge in [0.05, 0.1) is 0 Å². The molecule has 0 atom stereocenters. The lowest BCUT2D eigenvalue weighted by Gasteiger charge is -2.01. The van der Waals surface area contributed by atoms with Crippen LogP contribution in [0.5, 0.6) is 0 Å². The van der Waals surface area contributed by atoms with Crippen molar-refractivity contribution in [3.05, 3.63) is 67.7 Å². The summed E-state index contributed by atoms with van der Waals surface area (Å²) in [4.78, 5) is 11.4. The predicted molar refractivity (Wildman–Crippen MR) is 111 cm³/mol. The van der Waals surface area contributed by atoms with Gasteiger partial charge in [0.2, 0.25) is 5.91 Å². The van der Waals surface area contributed by atoms with Gasteiger partial charge in [0, 0.05) is 13.0 Å². The van der Waals surface area contributed by atoms with Crippen molar-refractivity contribution >= 4 is 5.91 Å². The molecule has 0 aromatic carbocycles. The van der Waals surface area contributed by atoms with Gasteiger partial charge in [-0.15, -0.1) is 0 Å². The molecule has 0 saturated heterocycles. The zero-order chi connectivity index (χ0) is 18.4. The molecule has 0 heterocycles. The van der Waals surface area contributed by atoms with E-state index in [-0.39, 0.29) is 5.91 Å². The first-order valence-electron chi connectivity index (χ1n) is 9.62. The third-order valence-corrected chi connectivity index (χ3v) is 3.43. The molecule has 1 radical (unpaired) electrons. The summed E-state index contributed by atoms with van der Waals surface area (Å²) in [6.07, 6.45) is 30.3. The highest BCUT2D eigenvalue weighted by Crippen LogP contribution is 1.99. The molecular weight excluding hydrogens is 306 g/mol. The molecule has 0 rings (SSSR count). The maximum absolute atomic E-state index is 11.4. The van der Waals surface area contributed by atoms with E-state index in [2.05, 4.69) is 79.9 Å². The van der Waals surface area contributed by atoms with Crippen LogP contribution in [0.4, 0.5) is 0 Å². The quantitative estimate of drug-likeness (QED) is 0.277. The minimum Gasteiger partial charge on any atom is -0.356 e. The van der Waals surface area contributed by atoms with Crippen molar-refractivity contribution in [2.45, 2.75) is 64.7 Å². The zero-order valence-electron chi connectivity index (χ0n) is 16.0. The Morgan fingerprint density at radius 1 is 0.800 bits per heavy atom. The second-order valence-corrected chi connectivity index (χ2v) is 5.80. The summed E-state index contributed by atoms with van der Waals surface area (Å²) in [6.45, 7) is 6.53. The van der Waals surface area contributed by atoms with Crippen LogP contribution in [0.2, 0.25) is 0 Å². The van der Waals surface area contributed by atoms with Crippen LogP contribution in [0.25, 0.3) is 0 Å². The number of unbranched alkanes of at least 4 members (excludes halogenated alkanes) is 1. The summed E-state index contributed by atoms with van der Waals surface area (Å²) >= 11 is 0. The molecule has 2 nitrogen and oxygen atoms in total. The molecule has 0 aromatic rings. The third-order valence-electron chi connectivity index (χ3n) is 3.43. The van der Waals surface area contributed by atoms with Crippen molar-refractivity contribution in [3.8, 4) is 0 Å². The number of hydrogen-bond acceptors (Lipinski definition) is 1. The monoisotopic (exact) mass is 342 g/mol. The molecule has 0 aliphatic heterocycles. The Morgan fingerprint density at radius 2 is 1.28 bits per heavy atom.